The van der Waals surface area contributed by atoms with E-state index in [1.54, 1.807) is 0 Å². The summed E-state index contributed by atoms with van der Waals surface area (Å²) < 4.78 is 11.5. The number of morpholine rings is 1. The van der Waals surface area contributed by atoms with Crippen LogP contribution in [0.25, 0.3) is 0 Å². The van der Waals surface area contributed by atoms with Crippen LogP contribution < -0.4 is 5.32 Å². The number of rotatable bonds is 6. The molecule has 0 aromatic heterocycles. The standard InChI is InChI=1S/C19H36N4O2/c1-20-19(21-9-5-13-25-18-6-3-2-4-7-18)23-10-8-17(16-23)22-11-14-24-15-12-22/h17-18H,2-16H2,1H3,(H,20,21). The Morgan fingerprint density at radius 3 is 2.68 bits per heavy atom. The molecule has 25 heavy (non-hydrogen) atoms. The van der Waals surface area contributed by atoms with Crippen molar-refractivity contribution in [1.82, 2.24) is 15.1 Å². The molecule has 0 radical (unpaired) electrons. The van der Waals surface area contributed by atoms with Crippen LogP contribution in [0.1, 0.15) is 44.9 Å². The summed E-state index contributed by atoms with van der Waals surface area (Å²) in [6.07, 6.45) is 9.38. The van der Waals surface area contributed by atoms with Crippen LogP contribution in [-0.4, -0.2) is 87.5 Å². The zero-order valence-corrected chi connectivity index (χ0v) is 15.9. The third kappa shape index (κ3) is 5.83. The van der Waals surface area contributed by atoms with Crippen molar-refractivity contribution in [1.29, 1.82) is 0 Å². The average Bonchev–Trinajstić information content (AvgIpc) is 3.16. The molecule has 0 bridgehead atoms. The second-order valence-corrected chi connectivity index (χ2v) is 7.50. The number of hydrogen-bond donors (Lipinski definition) is 1. The van der Waals surface area contributed by atoms with E-state index in [1.165, 1.54) is 38.5 Å². The van der Waals surface area contributed by atoms with Crippen molar-refractivity contribution in [2.45, 2.75) is 57.1 Å². The second-order valence-electron chi connectivity index (χ2n) is 7.50. The summed E-state index contributed by atoms with van der Waals surface area (Å²) in [5.41, 5.74) is 0. The number of hydrogen-bond acceptors (Lipinski definition) is 4. The second kappa shape index (κ2) is 10.3. The lowest BCUT2D eigenvalue weighted by Crippen LogP contribution is -2.46. The predicted octanol–water partition coefficient (Wildman–Crippen LogP) is 1.71. The number of likely N-dealkylation sites (tertiary alicyclic amines) is 1. The van der Waals surface area contributed by atoms with Gasteiger partial charge >= 0.3 is 0 Å². The maximum atomic E-state index is 6.01. The Labute approximate surface area is 152 Å². The van der Waals surface area contributed by atoms with Crippen LogP contribution in [0.15, 0.2) is 4.99 Å². The SMILES string of the molecule is CN=C(NCCCOC1CCCCC1)N1CCC(N2CCOCC2)C1. The van der Waals surface area contributed by atoms with Gasteiger partial charge in [0.25, 0.3) is 0 Å². The van der Waals surface area contributed by atoms with E-state index in [-0.39, 0.29) is 0 Å². The van der Waals surface area contributed by atoms with E-state index in [9.17, 15) is 0 Å². The highest BCUT2D eigenvalue weighted by Crippen LogP contribution is 2.20. The molecule has 1 aliphatic carbocycles. The van der Waals surface area contributed by atoms with Crippen LogP contribution in [0.4, 0.5) is 0 Å². The molecule has 3 rings (SSSR count). The molecule has 6 heteroatoms. The molecule has 0 spiro atoms. The van der Waals surface area contributed by atoms with E-state index in [4.69, 9.17) is 9.47 Å². The Hall–Kier alpha value is -0.850. The first-order chi connectivity index (χ1) is 12.4. The molecule has 2 aliphatic heterocycles. The predicted molar refractivity (Wildman–Crippen MR) is 101 cm³/mol. The van der Waals surface area contributed by atoms with Crippen molar-refractivity contribution in [2.24, 2.45) is 4.99 Å². The van der Waals surface area contributed by atoms with Gasteiger partial charge < -0.3 is 19.7 Å². The quantitative estimate of drug-likeness (QED) is 0.448. The molecule has 0 amide bonds. The number of aliphatic imine (C=N–C) groups is 1. The first kappa shape index (κ1) is 18.9. The fourth-order valence-electron chi connectivity index (χ4n) is 4.26. The molecule has 1 saturated carbocycles. The Morgan fingerprint density at radius 1 is 1.12 bits per heavy atom. The monoisotopic (exact) mass is 352 g/mol. The van der Waals surface area contributed by atoms with Gasteiger partial charge in [0, 0.05) is 52.4 Å². The van der Waals surface area contributed by atoms with E-state index in [0.717, 1.165) is 64.9 Å². The molecular weight excluding hydrogens is 316 g/mol. The smallest absolute Gasteiger partial charge is 0.193 e. The summed E-state index contributed by atoms with van der Waals surface area (Å²) in [5, 5.41) is 3.53. The number of guanidine groups is 1. The average molecular weight is 353 g/mol. The maximum Gasteiger partial charge on any atom is 0.193 e. The first-order valence-corrected chi connectivity index (χ1v) is 10.3. The molecule has 1 N–H and O–H groups in total. The van der Waals surface area contributed by atoms with Gasteiger partial charge in [-0.05, 0) is 25.7 Å². The highest BCUT2D eigenvalue weighted by atomic mass is 16.5. The minimum atomic E-state index is 0.515. The van der Waals surface area contributed by atoms with Crippen LogP contribution in [0.5, 0.6) is 0 Å². The lowest BCUT2D eigenvalue weighted by molar-refractivity contribution is 0.0194. The first-order valence-electron chi connectivity index (χ1n) is 10.3. The van der Waals surface area contributed by atoms with Gasteiger partial charge in [0.15, 0.2) is 5.96 Å². The summed E-state index contributed by atoms with van der Waals surface area (Å²) >= 11 is 0. The minimum absolute atomic E-state index is 0.515. The molecule has 3 aliphatic rings. The number of nitrogens with zero attached hydrogens (tertiary/aromatic N) is 3. The zero-order chi connectivity index (χ0) is 17.3. The molecule has 1 unspecified atom stereocenters. The summed E-state index contributed by atoms with van der Waals surface area (Å²) in [5.74, 6) is 1.05. The highest BCUT2D eigenvalue weighted by Gasteiger charge is 2.30. The number of ether oxygens (including phenoxy) is 2. The summed E-state index contributed by atoms with van der Waals surface area (Å²) in [6, 6.07) is 0.650. The summed E-state index contributed by atoms with van der Waals surface area (Å²) in [6.45, 7) is 7.89. The van der Waals surface area contributed by atoms with E-state index in [0.29, 0.717) is 12.1 Å². The molecule has 0 aromatic rings. The van der Waals surface area contributed by atoms with E-state index in [1.807, 2.05) is 7.05 Å². The van der Waals surface area contributed by atoms with Crippen molar-refractivity contribution in [3.63, 3.8) is 0 Å². The summed E-state index contributed by atoms with van der Waals surface area (Å²) in [7, 11) is 1.89. The van der Waals surface area contributed by atoms with Gasteiger partial charge in [-0.25, -0.2) is 0 Å². The third-order valence-electron chi connectivity index (χ3n) is 5.75. The van der Waals surface area contributed by atoms with Crippen molar-refractivity contribution < 1.29 is 9.47 Å². The molecule has 2 saturated heterocycles. The van der Waals surface area contributed by atoms with Gasteiger partial charge in [0.2, 0.25) is 0 Å². The van der Waals surface area contributed by atoms with Crippen molar-refractivity contribution in [3.8, 4) is 0 Å². The van der Waals surface area contributed by atoms with Crippen molar-refractivity contribution in [2.75, 3.05) is 59.6 Å². The Balaban J connectivity index is 1.31. The molecule has 0 aromatic carbocycles. The van der Waals surface area contributed by atoms with Crippen LogP contribution in [0.3, 0.4) is 0 Å². The lowest BCUT2D eigenvalue weighted by atomic mass is 9.98. The zero-order valence-electron chi connectivity index (χ0n) is 15.9. The molecular formula is C19H36N4O2. The van der Waals surface area contributed by atoms with Gasteiger partial charge in [0.1, 0.15) is 0 Å². The number of nitrogens with one attached hydrogen (secondary N) is 1. The summed E-state index contributed by atoms with van der Waals surface area (Å²) in [4.78, 5) is 9.47. The Kier molecular flexibility index (Phi) is 7.82. The normalized spacial score (nSPS) is 27.0. The Morgan fingerprint density at radius 2 is 1.92 bits per heavy atom. The van der Waals surface area contributed by atoms with Crippen LogP contribution in [0.2, 0.25) is 0 Å². The van der Waals surface area contributed by atoms with E-state index < -0.39 is 0 Å². The minimum Gasteiger partial charge on any atom is -0.379 e. The van der Waals surface area contributed by atoms with Crippen molar-refractivity contribution in [3.05, 3.63) is 0 Å². The molecule has 1 atom stereocenters. The fourth-order valence-corrected chi connectivity index (χ4v) is 4.26. The maximum absolute atomic E-state index is 6.01. The highest BCUT2D eigenvalue weighted by molar-refractivity contribution is 5.80. The van der Waals surface area contributed by atoms with Gasteiger partial charge in [-0.3, -0.25) is 9.89 Å². The molecule has 2 heterocycles. The topological polar surface area (TPSA) is 49.3 Å². The van der Waals surface area contributed by atoms with E-state index in [2.05, 4.69) is 20.1 Å². The Bertz CT molecular complexity index is 406. The van der Waals surface area contributed by atoms with Gasteiger partial charge in [-0.2, -0.15) is 0 Å². The third-order valence-corrected chi connectivity index (χ3v) is 5.75. The van der Waals surface area contributed by atoms with Gasteiger partial charge in [-0.15, -0.1) is 0 Å². The fraction of sp³-hybridized carbons (Fsp3) is 0.947. The largest absolute Gasteiger partial charge is 0.379 e. The van der Waals surface area contributed by atoms with Gasteiger partial charge in [-0.1, -0.05) is 19.3 Å². The van der Waals surface area contributed by atoms with Crippen LogP contribution in [0, 0.1) is 0 Å². The molecule has 144 valence electrons. The van der Waals surface area contributed by atoms with Crippen LogP contribution in [-0.2, 0) is 9.47 Å². The van der Waals surface area contributed by atoms with Crippen LogP contribution >= 0.6 is 0 Å². The van der Waals surface area contributed by atoms with Gasteiger partial charge in [0.05, 0.1) is 19.3 Å². The van der Waals surface area contributed by atoms with Crippen molar-refractivity contribution >= 4 is 5.96 Å². The molecule has 3 fully saturated rings. The van der Waals surface area contributed by atoms with E-state index >= 15 is 0 Å². The lowest BCUT2D eigenvalue weighted by Gasteiger charge is -2.32. The molecule has 6 nitrogen and oxygen atoms in total.